The van der Waals surface area contributed by atoms with Crippen LogP contribution in [0.15, 0.2) is 192 Å². The number of furan rings is 1. The molecular weight excluding hydrogens is 671 g/mol. The fraction of sp³-hybridized carbons (Fsp3) is 0. The molecule has 2 aromatic heterocycles. The number of fused-ring (bicyclic) bond motifs is 9. The molecule has 0 unspecified atom stereocenters. The average Bonchev–Trinajstić information content (AvgIpc) is 3.69. The lowest BCUT2D eigenvalue weighted by molar-refractivity contribution is 0.669. The quantitative estimate of drug-likeness (QED) is 0.167. The van der Waals surface area contributed by atoms with Gasteiger partial charge in [0, 0.05) is 21.9 Å². The highest BCUT2D eigenvalue weighted by atomic mass is 16.3. The van der Waals surface area contributed by atoms with E-state index in [1.165, 1.54) is 32.3 Å². The Morgan fingerprint density at radius 3 is 1.62 bits per heavy atom. The standard InChI is InChI=1S/C51H31N3O/c1-3-13-32(14-4-1)34-17-11-18-37(29-34)50-52-49(33-15-5-2-6-16-33)53-51(54-50)44-24-12-23-43-46-31-36(26-28-47(46)55-48(43)44)35-25-27-42-40-21-8-7-19-38(40)39-20-9-10-22-41(39)45(42)30-35/h1-31H/i1D,3D,4D,13D,14D. The highest BCUT2D eigenvalue weighted by Crippen LogP contribution is 2.40. The van der Waals surface area contributed by atoms with E-state index in [2.05, 4.69) is 84.9 Å². The number of hydrogen-bond donors (Lipinski definition) is 0. The van der Waals surface area contributed by atoms with E-state index in [0.717, 1.165) is 33.0 Å². The van der Waals surface area contributed by atoms with Crippen molar-refractivity contribution in [1.29, 1.82) is 0 Å². The summed E-state index contributed by atoms with van der Waals surface area (Å²) in [7, 11) is 0. The van der Waals surface area contributed by atoms with Crippen molar-refractivity contribution in [3.63, 3.8) is 0 Å². The summed E-state index contributed by atoms with van der Waals surface area (Å²) in [5, 5.41) is 9.27. The van der Waals surface area contributed by atoms with Gasteiger partial charge in [-0.2, -0.15) is 0 Å². The van der Waals surface area contributed by atoms with Crippen LogP contribution in [0, 0.1) is 0 Å². The normalized spacial score (nSPS) is 12.9. The van der Waals surface area contributed by atoms with Crippen molar-refractivity contribution in [2.24, 2.45) is 0 Å². The summed E-state index contributed by atoms with van der Waals surface area (Å²) in [6, 6.07) is 51.2. The summed E-state index contributed by atoms with van der Waals surface area (Å²) in [4.78, 5) is 14.9. The van der Waals surface area contributed by atoms with Crippen molar-refractivity contribution in [3.8, 4) is 56.4 Å². The maximum Gasteiger partial charge on any atom is 0.167 e. The van der Waals surface area contributed by atoms with Gasteiger partial charge in [0.25, 0.3) is 0 Å². The minimum absolute atomic E-state index is 0.109. The molecule has 0 spiro atoms. The van der Waals surface area contributed by atoms with Gasteiger partial charge in [0.15, 0.2) is 17.5 Å². The Morgan fingerprint density at radius 2 is 0.873 bits per heavy atom. The van der Waals surface area contributed by atoms with E-state index in [4.69, 9.17) is 26.2 Å². The van der Waals surface area contributed by atoms with Crippen LogP contribution >= 0.6 is 0 Å². The molecule has 0 atom stereocenters. The Balaban J connectivity index is 1.06. The number of benzene rings is 9. The lowest BCUT2D eigenvalue weighted by Gasteiger charge is -2.12. The smallest absolute Gasteiger partial charge is 0.167 e. The summed E-state index contributed by atoms with van der Waals surface area (Å²) in [5.41, 5.74) is 6.20. The second-order valence-corrected chi connectivity index (χ2v) is 13.6. The Hall–Kier alpha value is -7.43. The molecule has 11 rings (SSSR count). The zero-order valence-corrected chi connectivity index (χ0v) is 29.3. The van der Waals surface area contributed by atoms with Crippen molar-refractivity contribution in [2.75, 3.05) is 0 Å². The van der Waals surface area contributed by atoms with Gasteiger partial charge in [-0.25, -0.2) is 15.0 Å². The summed E-state index contributed by atoms with van der Waals surface area (Å²) in [6.07, 6.45) is 0. The molecule has 0 aliphatic rings. The number of hydrogen-bond acceptors (Lipinski definition) is 4. The molecule has 55 heavy (non-hydrogen) atoms. The van der Waals surface area contributed by atoms with Gasteiger partial charge in [-0.15, -0.1) is 0 Å². The molecule has 2 heterocycles. The molecule has 11 aromatic rings. The first-order chi connectivity index (χ1) is 29.3. The van der Waals surface area contributed by atoms with E-state index < -0.39 is 18.1 Å². The van der Waals surface area contributed by atoms with Crippen molar-refractivity contribution in [2.45, 2.75) is 0 Å². The van der Waals surface area contributed by atoms with E-state index in [0.29, 0.717) is 39.7 Å². The fourth-order valence-corrected chi connectivity index (χ4v) is 7.79. The van der Waals surface area contributed by atoms with Crippen LogP contribution in [0.5, 0.6) is 0 Å². The van der Waals surface area contributed by atoms with Crippen LogP contribution in [0.3, 0.4) is 0 Å². The van der Waals surface area contributed by atoms with Gasteiger partial charge in [0.05, 0.1) is 12.4 Å². The molecule has 9 aromatic carbocycles. The SMILES string of the molecule is [2H]c1c([2H])c([2H])c(-c2cccc(-c3nc(-c4ccccc4)nc(-c4cccc5c4oc4ccc(-c6ccc7c8ccccc8c8ccccc8c7c6)cc45)n3)c2)c([2H])c1[2H]. The van der Waals surface area contributed by atoms with E-state index in [1.807, 2.05) is 54.6 Å². The molecule has 4 nitrogen and oxygen atoms in total. The van der Waals surface area contributed by atoms with E-state index in [1.54, 1.807) is 18.2 Å². The second-order valence-electron chi connectivity index (χ2n) is 13.6. The van der Waals surface area contributed by atoms with Crippen LogP contribution in [-0.4, -0.2) is 15.0 Å². The molecule has 0 saturated carbocycles. The van der Waals surface area contributed by atoms with Crippen molar-refractivity contribution < 1.29 is 11.3 Å². The average molecular weight is 707 g/mol. The molecule has 0 bridgehead atoms. The predicted octanol–water partition coefficient (Wildman–Crippen LogP) is 13.6. The van der Waals surface area contributed by atoms with Crippen LogP contribution < -0.4 is 0 Å². The molecule has 256 valence electrons. The number of para-hydroxylation sites is 1. The second kappa shape index (κ2) is 12.6. The zero-order valence-electron chi connectivity index (χ0n) is 34.3. The number of rotatable bonds is 5. The summed E-state index contributed by atoms with van der Waals surface area (Å²) < 4.78 is 48.4. The molecule has 0 aliphatic heterocycles. The highest BCUT2D eigenvalue weighted by Gasteiger charge is 2.19. The third kappa shape index (κ3) is 5.26. The first-order valence-electron chi connectivity index (χ1n) is 20.6. The maximum absolute atomic E-state index is 8.59. The third-order valence-electron chi connectivity index (χ3n) is 10.4. The molecular formula is C51H31N3O. The van der Waals surface area contributed by atoms with Crippen molar-refractivity contribution in [3.05, 3.63) is 188 Å². The molecule has 0 amide bonds. The van der Waals surface area contributed by atoms with Gasteiger partial charge in [0.2, 0.25) is 0 Å². The van der Waals surface area contributed by atoms with Crippen LogP contribution in [0.2, 0.25) is 0 Å². The molecule has 4 heteroatoms. The van der Waals surface area contributed by atoms with Crippen molar-refractivity contribution >= 4 is 54.3 Å². The summed E-state index contributed by atoms with van der Waals surface area (Å²) in [6.45, 7) is 0. The predicted molar refractivity (Wildman–Crippen MR) is 227 cm³/mol. The lowest BCUT2D eigenvalue weighted by atomic mass is 9.92. The van der Waals surface area contributed by atoms with Crippen LogP contribution in [0.4, 0.5) is 0 Å². The number of nitrogens with zero attached hydrogens (tertiary/aromatic N) is 3. The van der Waals surface area contributed by atoms with Crippen LogP contribution in [0.25, 0.3) is 111 Å². The van der Waals surface area contributed by atoms with Crippen LogP contribution in [-0.2, 0) is 0 Å². The number of aromatic nitrogens is 3. The van der Waals surface area contributed by atoms with Gasteiger partial charge >= 0.3 is 0 Å². The Labute approximate surface area is 324 Å². The van der Waals surface area contributed by atoms with Gasteiger partial charge in [-0.05, 0) is 84.9 Å². The molecule has 0 radical (unpaired) electrons. The van der Waals surface area contributed by atoms with Crippen molar-refractivity contribution in [1.82, 2.24) is 15.0 Å². The Morgan fingerprint density at radius 1 is 0.345 bits per heavy atom. The highest BCUT2D eigenvalue weighted by molar-refractivity contribution is 6.25. The zero-order chi connectivity index (χ0) is 40.6. The van der Waals surface area contributed by atoms with E-state index in [-0.39, 0.29) is 17.6 Å². The molecule has 0 saturated heterocycles. The van der Waals surface area contributed by atoms with Gasteiger partial charge in [0.1, 0.15) is 11.2 Å². The maximum atomic E-state index is 8.59. The van der Waals surface area contributed by atoms with Crippen LogP contribution in [0.1, 0.15) is 6.85 Å². The summed E-state index contributed by atoms with van der Waals surface area (Å²) in [5.74, 6) is 1.22. The third-order valence-corrected chi connectivity index (χ3v) is 10.4. The van der Waals surface area contributed by atoms with E-state index in [9.17, 15) is 0 Å². The van der Waals surface area contributed by atoms with Gasteiger partial charge in [-0.3, -0.25) is 0 Å². The largest absolute Gasteiger partial charge is 0.455 e. The first kappa shape index (κ1) is 26.4. The van der Waals surface area contributed by atoms with Gasteiger partial charge in [-0.1, -0.05) is 158 Å². The molecule has 0 N–H and O–H groups in total. The fourth-order valence-electron chi connectivity index (χ4n) is 7.79. The Kier molecular flexibility index (Phi) is 6.04. The van der Waals surface area contributed by atoms with E-state index >= 15 is 0 Å². The summed E-state index contributed by atoms with van der Waals surface area (Å²) >= 11 is 0. The monoisotopic (exact) mass is 706 g/mol. The minimum Gasteiger partial charge on any atom is -0.455 e. The molecule has 0 aliphatic carbocycles. The Bertz CT molecular complexity index is 3500. The first-order valence-corrected chi connectivity index (χ1v) is 18.1. The topological polar surface area (TPSA) is 51.8 Å². The van der Waals surface area contributed by atoms with Gasteiger partial charge < -0.3 is 4.42 Å². The molecule has 0 fully saturated rings. The minimum atomic E-state index is -0.438. The lowest BCUT2D eigenvalue weighted by Crippen LogP contribution is -2.00.